The van der Waals surface area contributed by atoms with E-state index in [4.69, 9.17) is 5.73 Å². The van der Waals surface area contributed by atoms with E-state index in [9.17, 15) is 4.39 Å². The van der Waals surface area contributed by atoms with Crippen LogP contribution in [0.1, 0.15) is 30.5 Å². The molecule has 0 spiro atoms. The molecule has 3 N–H and O–H groups in total. The predicted molar refractivity (Wildman–Crippen MR) is 59.2 cm³/mol. The maximum absolute atomic E-state index is 14.4. The molecule has 15 heavy (non-hydrogen) atoms. The van der Waals surface area contributed by atoms with E-state index in [1.165, 1.54) is 5.56 Å². The molecule has 82 valence electrons. The second-order valence-corrected chi connectivity index (χ2v) is 4.11. The minimum Gasteiger partial charge on any atom is -0.327 e. The molecular formula is C12H17FN2. The van der Waals surface area contributed by atoms with Crippen molar-refractivity contribution in [1.82, 2.24) is 5.32 Å². The van der Waals surface area contributed by atoms with Gasteiger partial charge in [-0.2, -0.15) is 0 Å². The minimum atomic E-state index is -1.33. The first-order valence-corrected chi connectivity index (χ1v) is 5.41. The molecule has 2 nitrogen and oxygen atoms in total. The van der Waals surface area contributed by atoms with Gasteiger partial charge < -0.3 is 11.1 Å². The lowest BCUT2D eigenvalue weighted by atomic mass is 9.88. The lowest BCUT2D eigenvalue weighted by molar-refractivity contribution is 0.114. The molecule has 2 unspecified atom stereocenters. The second-order valence-electron chi connectivity index (χ2n) is 4.11. The van der Waals surface area contributed by atoms with Crippen LogP contribution in [0.25, 0.3) is 0 Å². The Bertz CT molecular complexity index is 347. The highest BCUT2D eigenvalue weighted by Crippen LogP contribution is 2.37. The van der Waals surface area contributed by atoms with Crippen molar-refractivity contribution in [3.05, 3.63) is 35.4 Å². The van der Waals surface area contributed by atoms with E-state index in [2.05, 4.69) is 5.32 Å². The molecule has 0 saturated heterocycles. The van der Waals surface area contributed by atoms with Crippen LogP contribution in [0, 0.1) is 0 Å². The molecule has 0 radical (unpaired) electrons. The molecule has 0 aliphatic carbocycles. The quantitative estimate of drug-likeness (QED) is 0.796. The fourth-order valence-corrected chi connectivity index (χ4v) is 2.23. The summed E-state index contributed by atoms with van der Waals surface area (Å²) in [6.45, 7) is 2.65. The van der Waals surface area contributed by atoms with E-state index in [1.807, 2.05) is 31.2 Å². The van der Waals surface area contributed by atoms with E-state index in [0.29, 0.717) is 6.42 Å². The van der Waals surface area contributed by atoms with Crippen molar-refractivity contribution in [3.8, 4) is 0 Å². The van der Waals surface area contributed by atoms with Gasteiger partial charge in [0.15, 0.2) is 0 Å². The first-order chi connectivity index (χ1) is 7.21. The van der Waals surface area contributed by atoms with Crippen LogP contribution in [0.3, 0.4) is 0 Å². The average Bonchev–Trinajstić information content (AvgIpc) is 2.72. The van der Waals surface area contributed by atoms with Crippen LogP contribution < -0.4 is 11.1 Å². The lowest BCUT2D eigenvalue weighted by Gasteiger charge is -2.29. The molecule has 0 amide bonds. The standard InChI is InChI=1S/C12H17FN2/c1-2-12(13,8-14)11-10-6-4-3-5-9(10)7-15-11/h3-6,11,15H,2,7-8,14H2,1H3. The Morgan fingerprint density at radius 3 is 2.93 bits per heavy atom. The smallest absolute Gasteiger partial charge is 0.142 e. The Hall–Kier alpha value is -0.930. The molecule has 1 aliphatic heterocycles. The summed E-state index contributed by atoms with van der Waals surface area (Å²) in [5, 5.41) is 3.21. The number of fused-ring (bicyclic) bond motifs is 1. The molecular weight excluding hydrogens is 191 g/mol. The van der Waals surface area contributed by atoms with Crippen molar-refractivity contribution in [2.45, 2.75) is 31.6 Å². The highest BCUT2D eigenvalue weighted by Gasteiger charge is 2.40. The number of hydrogen-bond acceptors (Lipinski definition) is 2. The molecule has 0 fully saturated rings. The van der Waals surface area contributed by atoms with Crippen LogP contribution in [0.5, 0.6) is 0 Å². The van der Waals surface area contributed by atoms with Crippen LogP contribution in [0.15, 0.2) is 24.3 Å². The molecule has 1 aromatic rings. The summed E-state index contributed by atoms with van der Waals surface area (Å²) >= 11 is 0. The normalized spacial score (nSPS) is 23.5. The second kappa shape index (κ2) is 3.91. The zero-order chi connectivity index (χ0) is 10.9. The molecule has 1 aliphatic rings. The monoisotopic (exact) mass is 208 g/mol. The van der Waals surface area contributed by atoms with Crippen LogP contribution in [-0.4, -0.2) is 12.2 Å². The number of hydrogen-bond donors (Lipinski definition) is 2. The van der Waals surface area contributed by atoms with Gasteiger partial charge in [-0.1, -0.05) is 31.2 Å². The van der Waals surface area contributed by atoms with Gasteiger partial charge in [-0.05, 0) is 17.5 Å². The highest BCUT2D eigenvalue weighted by molar-refractivity contribution is 5.36. The van der Waals surface area contributed by atoms with Crippen LogP contribution in [-0.2, 0) is 6.54 Å². The zero-order valence-electron chi connectivity index (χ0n) is 8.96. The largest absolute Gasteiger partial charge is 0.327 e. The van der Waals surface area contributed by atoms with Crippen LogP contribution >= 0.6 is 0 Å². The third kappa shape index (κ3) is 1.66. The van der Waals surface area contributed by atoms with E-state index >= 15 is 0 Å². The van der Waals surface area contributed by atoms with E-state index in [1.54, 1.807) is 0 Å². The first-order valence-electron chi connectivity index (χ1n) is 5.41. The third-order valence-corrected chi connectivity index (χ3v) is 3.31. The van der Waals surface area contributed by atoms with Gasteiger partial charge >= 0.3 is 0 Å². The topological polar surface area (TPSA) is 38.0 Å². The van der Waals surface area contributed by atoms with Crippen molar-refractivity contribution in [2.24, 2.45) is 5.73 Å². The summed E-state index contributed by atoms with van der Waals surface area (Å²) in [6.07, 6.45) is 0.440. The maximum atomic E-state index is 14.4. The van der Waals surface area contributed by atoms with Crippen LogP contribution in [0.4, 0.5) is 4.39 Å². The molecule has 0 bridgehead atoms. The number of halogens is 1. The Labute approximate surface area is 89.7 Å². The first kappa shape index (κ1) is 10.6. The predicted octanol–water partition coefficient (Wildman–Crippen LogP) is 1.91. The van der Waals surface area contributed by atoms with Crippen molar-refractivity contribution in [2.75, 3.05) is 6.54 Å². The summed E-state index contributed by atoms with van der Waals surface area (Å²) < 4.78 is 14.4. The van der Waals surface area contributed by atoms with Gasteiger partial charge in [-0.3, -0.25) is 0 Å². The lowest BCUT2D eigenvalue weighted by Crippen LogP contribution is -2.43. The SMILES string of the molecule is CCC(F)(CN)C1NCc2ccccc21. The minimum absolute atomic E-state index is 0.0650. The van der Waals surface area contributed by atoms with E-state index < -0.39 is 5.67 Å². The van der Waals surface area contributed by atoms with Gasteiger partial charge in [-0.15, -0.1) is 0 Å². The molecule has 1 aromatic carbocycles. The Kier molecular flexibility index (Phi) is 2.76. The Morgan fingerprint density at radius 2 is 2.27 bits per heavy atom. The molecule has 0 aromatic heterocycles. The third-order valence-electron chi connectivity index (χ3n) is 3.31. The maximum Gasteiger partial charge on any atom is 0.142 e. The Morgan fingerprint density at radius 1 is 1.53 bits per heavy atom. The fourth-order valence-electron chi connectivity index (χ4n) is 2.23. The summed E-state index contributed by atoms with van der Waals surface area (Å²) in [4.78, 5) is 0. The molecule has 0 saturated carbocycles. The molecule has 3 heteroatoms. The van der Waals surface area contributed by atoms with Gasteiger partial charge in [0, 0.05) is 13.1 Å². The summed E-state index contributed by atoms with van der Waals surface area (Å²) in [5.74, 6) is 0. The molecule has 2 rings (SSSR count). The number of nitrogens with one attached hydrogen (secondary N) is 1. The van der Waals surface area contributed by atoms with Gasteiger partial charge in [0.1, 0.15) is 5.67 Å². The van der Waals surface area contributed by atoms with Crippen molar-refractivity contribution >= 4 is 0 Å². The number of nitrogens with two attached hydrogens (primary N) is 1. The number of alkyl halides is 1. The summed E-state index contributed by atoms with van der Waals surface area (Å²) in [6, 6.07) is 7.71. The Balaban J connectivity index is 2.34. The van der Waals surface area contributed by atoms with Crippen molar-refractivity contribution in [1.29, 1.82) is 0 Å². The van der Waals surface area contributed by atoms with Crippen LogP contribution in [0.2, 0.25) is 0 Å². The van der Waals surface area contributed by atoms with Crippen molar-refractivity contribution < 1.29 is 4.39 Å². The van der Waals surface area contributed by atoms with E-state index in [-0.39, 0.29) is 12.6 Å². The van der Waals surface area contributed by atoms with E-state index in [0.717, 1.165) is 12.1 Å². The highest BCUT2D eigenvalue weighted by atomic mass is 19.1. The zero-order valence-corrected chi connectivity index (χ0v) is 8.96. The summed E-state index contributed by atoms with van der Waals surface area (Å²) in [5.41, 5.74) is 6.46. The van der Waals surface area contributed by atoms with Gasteiger partial charge in [0.25, 0.3) is 0 Å². The fraction of sp³-hybridized carbons (Fsp3) is 0.500. The van der Waals surface area contributed by atoms with Gasteiger partial charge in [0.2, 0.25) is 0 Å². The molecule has 2 atom stereocenters. The number of rotatable bonds is 3. The van der Waals surface area contributed by atoms with Gasteiger partial charge in [0.05, 0.1) is 6.04 Å². The molecule has 1 heterocycles. The van der Waals surface area contributed by atoms with Gasteiger partial charge in [-0.25, -0.2) is 4.39 Å². The summed E-state index contributed by atoms with van der Waals surface area (Å²) in [7, 11) is 0. The van der Waals surface area contributed by atoms with Crippen molar-refractivity contribution in [3.63, 3.8) is 0 Å². The average molecular weight is 208 g/mol. The number of benzene rings is 1.